The Hall–Kier alpha value is -2.54. The van der Waals surface area contributed by atoms with Gasteiger partial charge >= 0.3 is 0 Å². The quantitative estimate of drug-likeness (QED) is 0.166. The number of aldehydes is 1. The molecule has 0 radical (unpaired) electrons. The van der Waals surface area contributed by atoms with Crippen LogP contribution in [-0.2, 0) is 9.53 Å². The lowest BCUT2D eigenvalue weighted by molar-refractivity contribution is -0.105. The van der Waals surface area contributed by atoms with E-state index in [9.17, 15) is 4.79 Å². The summed E-state index contributed by atoms with van der Waals surface area (Å²) in [6.45, 7) is 10.6. The molecule has 0 bridgehead atoms. The largest absolute Gasteiger partial charge is 0.490 e. The SMILES string of the molecule is C=N/N=C(\OCC1CCCC(CN/C(C=O)=C(\C)NC)C1)c1cc(Cl)ccc1OC(C)C. The predicted octanol–water partition coefficient (Wildman–Crippen LogP) is 4.55. The Morgan fingerprint density at radius 2 is 2.09 bits per heavy atom. The van der Waals surface area contributed by atoms with Crippen LogP contribution in [0.25, 0.3) is 0 Å². The molecule has 0 heterocycles. The van der Waals surface area contributed by atoms with E-state index < -0.39 is 0 Å². The van der Waals surface area contributed by atoms with Crippen molar-refractivity contribution in [3.05, 3.63) is 40.2 Å². The first-order chi connectivity index (χ1) is 15.4. The van der Waals surface area contributed by atoms with Crippen LogP contribution in [-0.4, -0.2) is 45.2 Å². The highest BCUT2D eigenvalue weighted by Crippen LogP contribution is 2.30. The number of hydrogen-bond acceptors (Lipinski definition) is 7. The van der Waals surface area contributed by atoms with Crippen LogP contribution in [0.4, 0.5) is 0 Å². The predicted molar refractivity (Wildman–Crippen MR) is 131 cm³/mol. The molecule has 0 aliphatic heterocycles. The summed E-state index contributed by atoms with van der Waals surface area (Å²) in [4.78, 5) is 11.3. The topological polar surface area (TPSA) is 84.3 Å². The van der Waals surface area contributed by atoms with Crippen LogP contribution in [0.3, 0.4) is 0 Å². The molecular formula is C24H35ClN4O3. The van der Waals surface area contributed by atoms with Crippen LogP contribution in [0.15, 0.2) is 39.8 Å². The van der Waals surface area contributed by atoms with Crippen molar-refractivity contribution in [1.82, 2.24) is 10.6 Å². The Kier molecular flexibility index (Phi) is 10.5. The monoisotopic (exact) mass is 462 g/mol. The summed E-state index contributed by atoms with van der Waals surface area (Å²) in [5, 5.41) is 14.7. The van der Waals surface area contributed by atoms with Crippen molar-refractivity contribution in [1.29, 1.82) is 0 Å². The number of carbonyl (C=O) groups is 1. The molecular weight excluding hydrogens is 428 g/mol. The Bertz CT molecular complexity index is 839. The molecule has 0 saturated heterocycles. The summed E-state index contributed by atoms with van der Waals surface area (Å²) < 4.78 is 12.0. The molecule has 1 aliphatic carbocycles. The highest BCUT2D eigenvalue weighted by Gasteiger charge is 2.24. The zero-order valence-corrected chi connectivity index (χ0v) is 20.2. The molecule has 1 aliphatic rings. The van der Waals surface area contributed by atoms with E-state index in [4.69, 9.17) is 21.1 Å². The van der Waals surface area contributed by atoms with E-state index in [0.29, 0.717) is 46.4 Å². The maximum atomic E-state index is 11.3. The van der Waals surface area contributed by atoms with Crippen molar-refractivity contribution in [2.75, 3.05) is 20.2 Å². The molecule has 1 fully saturated rings. The van der Waals surface area contributed by atoms with Gasteiger partial charge in [0.15, 0.2) is 6.29 Å². The summed E-state index contributed by atoms with van der Waals surface area (Å²) in [6.07, 6.45) is 5.21. The fraction of sp³-hybridized carbons (Fsp3) is 0.542. The van der Waals surface area contributed by atoms with E-state index >= 15 is 0 Å². The summed E-state index contributed by atoms with van der Waals surface area (Å²) in [7, 11) is 1.81. The molecule has 2 atom stereocenters. The summed E-state index contributed by atoms with van der Waals surface area (Å²) in [5.74, 6) is 1.86. The van der Waals surface area contributed by atoms with Crippen molar-refractivity contribution in [3.8, 4) is 5.75 Å². The standard InChI is InChI=1S/C24H35ClN4O3/c1-16(2)32-23-10-9-20(25)12-21(23)24(29-27-5)31-15-19-8-6-7-18(11-19)13-28-22(14-30)17(3)26-4/h9-10,12,14,16,18-19,26,28H,5-8,11,13,15H2,1-4H3/b22-17+,29-24-. The summed E-state index contributed by atoms with van der Waals surface area (Å²) >= 11 is 6.22. The minimum atomic E-state index is -0.00341. The smallest absolute Gasteiger partial charge is 0.244 e. The van der Waals surface area contributed by atoms with Gasteiger partial charge in [0.1, 0.15) is 5.75 Å². The molecule has 0 spiro atoms. The van der Waals surface area contributed by atoms with Crippen LogP contribution < -0.4 is 15.4 Å². The van der Waals surface area contributed by atoms with Crippen LogP contribution in [0.1, 0.15) is 52.0 Å². The third-order valence-corrected chi connectivity index (χ3v) is 5.76. The Balaban J connectivity index is 2.03. The lowest BCUT2D eigenvalue weighted by atomic mass is 9.81. The van der Waals surface area contributed by atoms with Crippen molar-refractivity contribution >= 4 is 30.5 Å². The second-order valence-corrected chi connectivity index (χ2v) is 8.79. The number of allylic oxidation sites excluding steroid dienone is 2. The van der Waals surface area contributed by atoms with E-state index in [2.05, 4.69) is 27.6 Å². The molecule has 8 heteroatoms. The van der Waals surface area contributed by atoms with Gasteiger partial charge in [0.05, 0.1) is 24.0 Å². The maximum Gasteiger partial charge on any atom is 0.244 e. The number of hydrogen-bond donors (Lipinski definition) is 2. The Labute approximate surface area is 196 Å². The van der Waals surface area contributed by atoms with Gasteiger partial charge in [-0.3, -0.25) is 4.79 Å². The van der Waals surface area contributed by atoms with Crippen molar-refractivity contribution in [2.45, 2.75) is 52.6 Å². The zero-order chi connectivity index (χ0) is 23.5. The van der Waals surface area contributed by atoms with E-state index in [1.54, 1.807) is 12.1 Å². The van der Waals surface area contributed by atoms with Gasteiger partial charge in [0, 0.05) is 31.0 Å². The Morgan fingerprint density at radius 3 is 2.75 bits per heavy atom. The number of benzene rings is 1. The molecule has 1 aromatic rings. The van der Waals surface area contributed by atoms with Crippen molar-refractivity contribution in [2.24, 2.45) is 22.0 Å². The van der Waals surface area contributed by atoms with Crippen molar-refractivity contribution in [3.63, 3.8) is 0 Å². The minimum absolute atomic E-state index is 0.00341. The first-order valence-corrected chi connectivity index (χ1v) is 11.5. The second-order valence-electron chi connectivity index (χ2n) is 8.35. The first kappa shape index (κ1) is 25.7. The van der Waals surface area contributed by atoms with Gasteiger partial charge in [-0.25, -0.2) is 0 Å². The minimum Gasteiger partial charge on any atom is -0.490 e. The number of nitrogens with one attached hydrogen (secondary N) is 2. The second kappa shape index (κ2) is 13.1. The van der Waals surface area contributed by atoms with E-state index in [1.807, 2.05) is 33.9 Å². The molecule has 0 amide bonds. The van der Waals surface area contributed by atoms with Gasteiger partial charge in [0.25, 0.3) is 0 Å². The molecule has 0 aromatic heterocycles. The molecule has 32 heavy (non-hydrogen) atoms. The van der Waals surface area contributed by atoms with Gasteiger partial charge in [-0.05, 0) is 70.1 Å². The normalized spacial score (nSPS) is 19.8. The number of rotatable bonds is 11. The van der Waals surface area contributed by atoms with E-state index in [1.165, 1.54) is 0 Å². The summed E-state index contributed by atoms with van der Waals surface area (Å²) in [6, 6.07) is 5.36. The molecule has 1 aromatic carbocycles. The Morgan fingerprint density at radius 1 is 1.34 bits per heavy atom. The molecule has 2 unspecified atom stereocenters. The molecule has 2 rings (SSSR count). The number of ether oxygens (including phenoxy) is 2. The van der Waals surface area contributed by atoms with Gasteiger partial charge in [0.2, 0.25) is 5.90 Å². The van der Waals surface area contributed by atoms with E-state index in [0.717, 1.165) is 44.2 Å². The average molecular weight is 463 g/mol. The highest BCUT2D eigenvalue weighted by atomic mass is 35.5. The van der Waals surface area contributed by atoms with Crippen LogP contribution in [0.5, 0.6) is 5.75 Å². The fourth-order valence-corrected chi connectivity index (χ4v) is 4.01. The van der Waals surface area contributed by atoms with Gasteiger partial charge in [-0.2, -0.15) is 5.10 Å². The zero-order valence-electron chi connectivity index (χ0n) is 19.5. The number of nitrogens with zero attached hydrogens (tertiary/aromatic N) is 2. The maximum absolute atomic E-state index is 11.3. The number of carbonyl (C=O) groups excluding carboxylic acids is 1. The average Bonchev–Trinajstić information content (AvgIpc) is 2.78. The van der Waals surface area contributed by atoms with Crippen molar-refractivity contribution < 1.29 is 14.3 Å². The van der Waals surface area contributed by atoms with Gasteiger partial charge < -0.3 is 20.1 Å². The lowest BCUT2D eigenvalue weighted by Gasteiger charge is -2.29. The highest BCUT2D eigenvalue weighted by molar-refractivity contribution is 6.31. The van der Waals surface area contributed by atoms with Gasteiger partial charge in [-0.15, -0.1) is 5.10 Å². The van der Waals surface area contributed by atoms with E-state index in [-0.39, 0.29) is 6.10 Å². The molecule has 1 saturated carbocycles. The molecule has 7 nitrogen and oxygen atoms in total. The molecule has 2 N–H and O–H groups in total. The third-order valence-electron chi connectivity index (χ3n) is 5.52. The van der Waals surface area contributed by atoms with Gasteiger partial charge in [-0.1, -0.05) is 18.0 Å². The fourth-order valence-electron chi connectivity index (χ4n) is 3.84. The lowest BCUT2D eigenvalue weighted by Crippen LogP contribution is -2.30. The van der Waals surface area contributed by atoms with Crippen LogP contribution >= 0.6 is 11.6 Å². The number of halogens is 1. The first-order valence-electron chi connectivity index (χ1n) is 11.1. The molecule has 176 valence electrons. The third kappa shape index (κ3) is 7.86. The van der Waals surface area contributed by atoms with Crippen LogP contribution in [0.2, 0.25) is 5.02 Å². The summed E-state index contributed by atoms with van der Waals surface area (Å²) in [5.41, 5.74) is 2.11. The van der Waals surface area contributed by atoms with Crippen LogP contribution in [0, 0.1) is 11.8 Å².